The summed E-state index contributed by atoms with van der Waals surface area (Å²) in [6.45, 7) is 4.70. The van der Waals surface area contributed by atoms with E-state index in [1.807, 2.05) is 0 Å². The number of ether oxygens (including phenoxy) is 3. The fraction of sp³-hybridized carbons (Fsp3) is 0.400. The maximum absolute atomic E-state index is 12.9. The van der Waals surface area contributed by atoms with E-state index in [2.05, 4.69) is 17.1 Å². The standard InChI is InChI=1S/C20H24N2O5S/c1-5-22-7-6-15-16(11-22)28-19(17(15)20(24)27-4)21-18(23)12-8-13(25-2)10-14(9-12)26-3/h8-10H,5-7,11H2,1-4H3,(H,21,23). The highest BCUT2D eigenvalue weighted by molar-refractivity contribution is 7.17. The molecular formula is C20H24N2O5S. The number of hydrogen-bond donors (Lipinski definition) is 1. The Balaban J connectivity index is 1.95. The second kappa shape index (κ2) is 8.62. The molecule has 0 atom stereocenters. The number of anilines is 1. The van der Waals surface area contributed by atoms with Gasteiger partial charge in [-0.05, 0) is 30.7 Å². The number of fused-ring (bicyclic) bond motifs is 1. The van der Waals surface area contributed by atoms with Crippen LogP contribution in [0.15, 0.2) is 18.2 Å². The number of nitrogens with zero attached hydrogens (tertiary/aromatic N) is 1. The van der Waals surface area contributed by atoms with Gasteiger partial charge in [-0.15, -0.1) is 11.3 Å². The molecule has 0 saturated heterocycles. The number of methoxy groups -OCH3 is 3. The van der Waals surface area contributed by atoms with Gasteiger partial charge >= 0.3 is 5.97 Å². The molecule has 0 unspecified atom stereocenters. The summed E-state index contributed by atoms with van der Waals surface area (Å²) in [5.41, 5.74) is 1.81. The van der Waals surface area contributed by atoms with Crippen molar-refractivity contribution in [2.24, 2.45) is 0 Å². The molecule has 0 aliphatic carbocycles. The lowest BCUT2D eigenvalue weighted by Gasteiger charge is -2.25. The Morgan fingerprint density at radius 3 is 2.39 bits per heavy atom. The van der Waals surface area contributed by atoms with Gasteiger partial charge in [-0.25, -0.2) is 4.79 Å². The average molecular weight is 404 g/mol. The van der Waals surface area contributed by atoms with Crippen LogP contribution in [0.4, 0.5) is 5.00 Å². The number of rotatable bonds is 6. The monoisotopic (exact) mass is 404 g/mol. The number of carbonyl (C=O) groups excluding carboxylic acids is 2. The van der Waals surface area contributed by atoms with Crippen molar-refractivity contribution in [2.45, 2.75) is 19.9 Å². The van der Waals surface area contributed by atoms with Crippen LogP contribution in [0.2, 0.25) is 0 Å². The van der Waals surface area contributed by atoms with Crippen molar-refractivity contribution in [3.63, 3.8) is 0 Å². The molecule has 1 aromatic heterocycles. The highest BCUT2D eigenvalue weighted by Crippen LogP contribution is 2.38. The Labute approximate surface area is 168 Å². The summed E-state index contributed by atoms with van der Waals surface area (Å²) in [5, 5.41) is 3.40. The van der Waals surface area contributed by atoms with Crippen LogP contribution in [0.25, 0.3) is 0 Å². The number of thiophene rings is 1. The highest BCUT2D eigenvalue weighted by atomic mass is 32.1. The lowest BCUT2D eigenvalue weighted by Crippen LogP contribution is -2.29. The molecular weight excluding hydrogens is 380 g/mol. The average Bonchev–Trinajstić information content (AvgIpc) is 3.09. The first-order valence-electron chi connectivity index (χ1n) is 9.00. The molecule has 150 valence electrons. The third-order valence-corrected chi connectivity index (χ3v) is 5.95. The predicted octanol–water partition coefficient (Wildman–Crippen LogP) is 3.18. The fourth-order valence-electron chi connectivity index (χ4n) is 3.25. The first-order chi connectivity index (χ1) is 13.5. The van der Waals surface area contributed by atoms with E-state index in [4.69, 9.17) is 14.2 Å². The van der Waals surface area contributed by atoms with Gasteiger partial charge in [0.05, 0.1) is 26.9 Å². The molecule has 1 N–H and O–H groups in total. The van der Waals surface area contributed by atoms with E-state index in [-0.39, 0.29) is 5.91 Å². The molecule has 0 bridgehead atoms. The molecule has 0 spiro atoms. The van der Waals surface area contributed by atoms with Gasteiger partial charge in [0.2, 0.25) is 0 Å². The summed E-state index contributed by atoms with van der Waals surface area (Å²) < 4.78 is 15.4. The number of hydrogen-bond acceptors (Lipinski definition) is 7. The minimum atomic E-state index is -0.430. The third kappa shape index (κ3) is 3.98. The number of benzene rings is 1. The van der Waals surface area contributed by atoms with Crippen LogP contribution in [-0.4, -0.2) is 51.2 Å². The van der Waals surface area contributed by atoms with Gasteiger partial charge in [0.15, 0.2) is 0 Å². The lowest BCUT2D eigenvalue weighted by atomic mass is 10.0. The highest BCUT2D eigenvalue weighted by Gasteiger charge is 2.29. The van der Waals surface area contributed by atoms with Crippen LogP contribution in [0.1, 0.15) is 38.1 Å². The Morgan fingerprint density at radius 2 is 1.82 bits per heavy atom. The van der Waals surface area contributed by atoms with Crippen molar-refractivity contribution in [2.75, 3.05) is 39.7 Å². The van der Waals surface area contributed by atoms with Crippen LogP contribution in [0.3, 0.4) is 0 Å². The summed E-state index contributed by atoms with van der Waals surface area (Å²) in [5.74, 6) is 0.262. The Bertz CT molecular complexity index is 871. The molecule has 2 aromatic rings. The number of nitrogens with one attached hydrogen (secondary N) is 1. The van der Waals surface area contributed by atoms with E-state index in [1.54, 1.807) is 18.2 Å². The SMILES string of the molecule is CCN1CCc2c(sc(NC(=O)c3cc(OC)cc(OC)c3)c2C(=O)OC)C1. The molecule has 0 radical (unpaired) electrons. The first-order valence-corrected chi connectivity index (χ1v) is 9.82. The van der Waals surface area contributed by atoms with Crippen LogP contribution < -0.4 is 14.8 Å². The predicted molar refractivity (Wildman–Crippen MR) is 108 cm³/mol. The van der Waals surface area contributed by atoms with Crippen molar-refractivity contribution in [3.8, 4) is 11.5 Å². The lowest BCUT2D eigenvalue weighted by molar-refractivity contribution is 0.0600. The summed E-state index contributed by atoms with van der Waals surface area (Å²) in [7, 11) is 4.41. The molecule has 1 aliphatic rings. The normalized spacial score (nSPS) is 13.6. The zero-order chi connectivity index (χ0) is 20.3. The second-order valence-electron chi connectivity index (χ2n) is 6.37. The number of amides is 1. The number of likely N-dealkylation sites (N-methyl/N-ethyl adjacent to an activating group) is 1. The molecule has 28 heavy (non-hydrogen) atoms. The molecule has 7 nitrogen and oxygen atoms in total. The zero-order valence-electron chi connectivity index (χ0n) is 16.5. The van der Waals surface area contributed by atoms with Gasteiger partial charge in [-0.1, -0.05) is 6.92 Å². The molecule has 1 aliphatic heterocycles. The van der Waals surface area contributed by atoms with Crippen LogP contribution in [0.5, 0.6) is 11.5 Å². The Hall–Kier alpha value is -2.58. The van der Waals surface area contributed by atoms with E-state index in [0.717, 1.165) is 36.5 Å². The molecule has 8 heteroatoms. The van der Waals surface area contributed by atoms with E-state index in [9.17, 15) is 9.59 Å². The molecule has 1 amide bonds. The summed E-state index contributed by atoms with van der Waals surface area (Å²) >= 11 is 1.43. The van der Waals surface area contributed by atoms with Crippen molar-refractivity contribution < 1.29 is 23.8 Å². The van der Waals surface area contributed by atoms with Crippen molar-refractivity contribution in [1.29, 1.82) is 0 Å². The van der Waals surface area contributed by atoms with Gasteiger partial charge in [0, 0.05) is 29.6 Å². The molecule has 3 rings (SSSR count). The smallest absolute Gasteiger partial charge is 0.341 e. The topological polar surface area (TPSA) is 77.1 Å². The Morgan fingerprint density at radius 1 is 1.14 bits per heavy atom. The molecule has 1 aromatic carbocycles. The van der Waals surface area contributed by atoms with Gasteiger partial charge in [-0.3, -0.25) is 9.69 Å². The second-order valence-corrected chi connectivity index (χ2v) is 7.48. The molecule has 0 fully saturated rings. The molecule has 0 saturated carbocycles. The summed E-state index contributed by atoms with van der Waals surface area (Å²) in [4.78, 5) is 28.7. The van der Waals surface area contributed by atoms with Crippen LogP contribution >= 0.6 is 11.3 Å². The van der Waals surface area contributed by atoms with Crippen LogP contribution in [-0.2, 0) is 17.7 Å². The maximum atomic E-state index is 12.9. The van der Waals surface area contributed by atoms with Crippen LogP contribution in [0, 0.1) is 0 Å². The first kappa shape index (κ1) is 20.2. The number of esters is 1. The fourth-order valence-corrected chi connectivity index (χ4v) is 4.52. The summed E-state index contributed by atoms with van der Waals surface area (Å²) in [6.07, 6.45) is 0.757. The van der Waals surface area contributed by atoms with E-state index < -0.39 is 5.97 Å². The van der Waals surface area contributed by atoms with Crippen molar-refractivity contribution in [1.82, 2.24) is 4.90 Å². The maximum Gasteiger partial charge on any atom is 0.341 e. The van der Waals surface area contributed by atoms with Gasteiger partial charge < -0.3 is 19.5 Å². The van der Waals surface area contributed by atoms with E-state index in [1.165, 1.54) is 32.7 Å². The minimum absolute atomic E-state index is 0.340. The van der Waals surface area contributed by atoms with Gasteiger partial charge in [0.1, 0.15) is 16.5 Å². The quantitative estimate of drug-likeness (QED) is 0.745. The Kier molecular flexibility index (Phi) is 6.21. The molecule has 2 heterocycles. The van der Waals surface area contributed by atoms with Gasteiger partial charge in [-0.2, -0.15) is 0 Å². The zero-order valence-corrected chi connectivity index (χ0v) is 17.3. The third-order valence-electron chi connectivity index (χ3n) is 4.81. The van der Waals surface area contributed by atoms with Gasteiger partial charge in [0.25, 0.3) is 5.91 Å². The van der Waals surface area contributed by atoms with Crippen molar-refractivity contribution in [3.05, 3.63) is 39.8 Å². The minimum Gasteiger partial charge on any atom is -0.497 e. The largest absolute Gasteiger partial charge is 0.497 e. The van der Waals surface area contributed by atoms with E-state index >= 15 is 0 Å². The summed E-state index contributed by atoms with van der Waals surface area (Å²) in [6, 6.07) is 4.95. The van der Waals surface area contributed by atoms with Crippen molar-refractivity contribution >= 4 is 28.2 Å². The number of carbonyl (C=O) groups is 2. The van der Waals surface area contributed by atoms with E-state index in [0.29, 0.717) is 27.6 Å².